The summed E-state index contributed by atoms with van der Waals surface area (Å²) in [6.07, 6.45) is -3.04. The van der Waals surface area contributed by atoms with Crippen molar-refractivity contribution in [2.45, 2.75) is 32.0 Å². The van der Waals surface area contributed by atoms with Crippen LogP contribution in [0.2, 0.25) is 0 Å². The molecule has 0 spiro atoms. The molecule has 1 amide bonds. The van der Waals surface area contributed by atoms with Crippen molar-refractivity contribution in [1.29, 1.82) is 0 Å². The SMILES string of the molecule is Cc1cc(C(F)(F)F)cc(C(=O)Nc2ccc3c(c2)CC(N)C3)c1-c1ccccc1. The first-order valence-corrected chi connectivity index (χ1v) is 9.68. The molecule has 1 atom stereocenters. The van der Waals surface area contributed by atoms with Crippen molar-refractivity contribution >= 4 is 11.6 Å². The fraction of sp³-hybridized carbons (Fsp3) is 0.208. The van der Waals surface area contributed by atoms with Crippen molar-refractivity contribution in [3.05, 3.63) is 88.5 Å². The predicted molar refractivity (Wildman–Crippen MR) is 111 cm³/mol. The summed E-state index contributed by atoms with van der Waals surface area (Å²) in [4.78, 5) is 13.1. The zero-order chi connectivity index (χ0) is 21.5. The van der Waals surface area contributed by atoms with Crippen LogP contribution in [-0.4, -0.2) is 11.9 Å². The van der Waals surface area contributed by atoms with Crippen molar-refractivity contribution < 1.29 is 18.0 Å². The highest BCUT2D eigenvalue weighted by Crippen LogP contribution is 2.36. The van der Waals surface area contributed by atoms with Crippen LogP contribution in [0.5, 0.6) is 0 Å². The fourth-order valence-electron chi connectivity index (χ4n) is 4.05. The Bertz CT molecular complexity index is 1110. The van der Waals surface area contributed by atoms with E-state index < -0.39 is 17.6 Å². The molecule has 0 saturated carbocycles. The van der Waals surface area contributed by atoms with Crippen molar-refractivity contribution in [3.8, 4) is 11.1 Å². The van der Waals surface area contributed by atoms with Crippen LogP contribution in [-0.2, 0) is 19.0 Å². The number of halogens is 3. The molecule has 0 saturated heterocycles. The lowest BCUT2D eigenvalue weighted by molar-refractivity contribution is -0.137. The van der Waals surface area contributed by atoms with Crippen LogP contribution in [0.4, 0.5) is 18.9 Å². The number of aryl methyl sites for hydroxylation is 1. The van der Waals surface area contributed by atoms with Gasteiger partial charge in [-0.15, -0.1) is 0 Å². The Hall–Kier alpha value is -3.12. The van der Waals surface area contributed by atoms with E-state index in [2.05, 4.69) is 5.32 Å². The third-order valence-corrected chi connectivity index (χ3v) is 5.40. The van der Waals surface area contributed by atoms with Gasteiger partial charge in [-0.05, 0) is 71.8 Å². The number of carbonyl (C=O) groups excluding carboxylic acids is 1. The number of hydrogen-bond acceptors (Lipinski definition) is 2. The minimum absolute atomic E-state index is 0.00859. The van der Waals surface area contributed by atoms with Crippen LogP contribution in [0.15, 0.2) is 60.7 Å². The van der Waals surface area contributed by atoms with Gasteiger partial charge in [0.15, 0.2) is 0 Å². The molecule has 0 aliphatic heterocycles. The van der Waals surface area contributed by atoms with Crippen LogP contribution in [0, 0.1) is 6.92 Å². The van der Waals surface area contributed by atoms with Gasteiger partial charge >= 0.3 is 6.18 Å². The average molecular weight is 410 g/mol. The van der Waals surface area contributed by atoms with E-state index in [1.807, 2.05) is 18.2 Å². The number of fused-ring (bicyclic) bond motifs is 1. The summed E-state index contributed by atoms with van der Waals surface area (Å²) in [5.74, 6) is -0.578. The summed E-state index contributed by atoms with van der Waals surface area (Å²) in [5.41, 5.74) is 9.45. The lowest BCUT2D eigenvalue weighted by atomic mass is 9.92. The molecule has 30 heavy (non-hydrogen) atoms. The third kappa shape index (κ3) is 3.96. The number of nitrogens with two attached hydrogens (primary N) is 1. The van der Waals surface area contributed by atoms with Crippen LogP contribution < -0.4 is 11.1 Å². The van der Waals surface area contributed by atoms with Gasteiger partial charge in [-0.2, -0.15) is 13.2 Å². The molecule has 0 bridgehead atoms. The molecule has 1 unspecified atom stereocenters. The maximum atomic E-state index is 13.4. The van der Waals surface area contributed by atoms with Gasteiger partial charge in [0.25, 0.3) is 5.91 Å². The van der Waals surface area contributed by atoms with E-state index in [1.165, 1.54) is 0 Å². The highest BCUT2D eigenvalue weighted by atomic mass is 19.4. The number of hydrogen-bond donors (Lipinski definition) is 2. The minimum atomic E-state index is -4.54. The van der Waals surface area contributed by atoms with Crippen molar-refractivity contribution in [2.24, 2.45) is 5.73 Å². The van der Waals surface area contributed by atoms with Crippen LogP contribution in [0.3, 0.4) is 0 Å². The van der Waals surface area contributed by atoms with Gasteiger partial charge < -0.3 is 11.1 Å². The first kappa shape index (κ1) is 20.2. The number of benzene rings is 3. The number of nitrogens with one attached hydrogen (secondary N) is 1. The summed E-state index contributed by atoms with van der Waals surface area (Å²) in [7, 11) is 0. The molecule has 0 heterocycles. The number of anilines is 1. The Morgan fingerprint density at radius 3 is 2.40 bits per heavy atom. The molecule has 6 heteroatoms. The third-order valence-electron chi connectivity index (χ3n) is 5.40. The molecular weight excluding hydrogens is 389 g/mol. The van der Waals surface area contributed by atoms with Crippen molar-refractivity contribution in [2.75, 3.05) is 5.32 Å². The monoisotopic (exact) mass is 410 g/mol. The Labute approximate surface area is 172 Å². The summed E-state index contributed by atoms with van der Waals surface area (Å²) in [6.45, 7) is 1.59. The van der Waals surface area contributed by atoms with Crippen LogP contribution >= 0.6 is 0 Å². The summed E-state index contributed by atoms with van der Waals surface area (Å²) in [6, 6.07) is 16.5. The van der Waals surface area contributed by atoms with Crippen molar-refractivity contribution in [3.63, 3.8) is 0 Å². The molecule has 154 valence electrons. The maximum absolute atomic E-state index is 13.4. The van der Waals surface area contributed by atoms with E-state index in [0.29, 0.717) is 22.4 Å². The molecule has 0 radical (unpaired) electrons. The second-order valence-electron chi connectivity index (χ2n) is 7.69. The molecule has 3 aromatic rings. The van der Waals surface area contributed by atoms with E-state index in [0.717, 1.165) is 36.1 Å². The summed E-state index contributed by atoms with van der Waals surface area (Å²) < 4.78 is 40.2. The highest BCUT2D eigenvalue weighted by molar-refractivity contribution is 6.09. The number of carbonyl (C=O) groups is 1. The van der Waals surface area contributed by atoms with E-state index in [-0.39, 0.29) is 11.6 Å². The fourth-order valence-corrected chi connectivity index (χ4v) is 4.05. The Balaban J connectivity index is 1.75. The maximum Gasteiger partial charge on any atom is 0.416 e. The van der Waals surface area contributed by atoms with Gasteiger partial charge in [-0.1, -0.05) is 36.4 Å². The smallest absolute Gasteiger partial charge is 0.327 e. The lowest BCUT2D eigenvalue weighted by Crippen LogP contribution is -2.19. The first-order valence-electron chi connectivity index (χ1n) is 9.68. The molecule has 1 aliphatic rings. The second kappa shape index (κ2) is 7.61. The van der Waals surface area contributed by atoms with Gasteiger partial charge in [-0.25, -0.2) is 0 Å². The number of rotatable bonds is 3. The highest BCUT2D eigenvalue weighted by Gasteiger charge is 2.33. The van der Waals surface area contributed by atoms with Gasteiger partial charge in [0.05, 0.1) is 5.56 Å². The van der Waals surface area contributed by atoms with Crippen LogP contribution in [0.1, 0.15) is 32.6 Å². The molecule has 1 aliphatic carbocycles. The van der Waals surface area contributed by atoms with Gasteiger partial charge in [-0.3, -0.25) is 4.79 Å². The standard InChI is InChI=1S/C24H21F3N2O/c1-14-9-18(24(25,26)27)13-21(22(14)15-5-3-2-4-6-15)23(30)29-20-8-7-16-10-19(28)11-17(16)12-20/h2-9,12-13,19H,10-11,28H2,1H3,(H,29,30). The predicted octanol–water partition coefficient (Wildman–Crippen LogP) is 5.36. The first-order chi connectivity index (χ1) is 14.2. The van der Waals surface area contributed by atoms with E-state index in [4.69, 9.17) is 5.73 Å². The lowest BCUT2D eigenvalue weighted by Gasteiger charge is -2.17. The molecule has 4 rings (SSSR count). The molecule has 3 aromatic carbocycles. The summed E-state index contributed by atoms with van der Waals surface area (Å²) >= 11 is 0. The Morgan fingerprint density at radius 2 is 1.70 bits per heavy atom. The largest absolute Gasteiger partial charge is 0.416 e. The molecular formula is C24H21F3N2O. The number of amides is 1. The molecule has 0 fully saturated rings. The van der Waals surface area contributed by atoms with Crippen LogP contribution in [0.25, 0.3) is 11.1 Å². The molecule has 0 aromatic heterocycles. The van der Waals surface area contributed by atoms with Crippen molar-refractivity contribution in [1.82, 2.24) is 0 Å². The molecule has 3 N–H and O–H groups in total. The zero-order valence-corrected chi connectivity index (χ0v) is 16.4. The second-order valence-corrected chi connectivity index (χ2v) is 7.69. The van der Waals surface area contributed by atoms with Gasteiger partial charge in [0.1, 0.15) is 0 Å². The minimum Gasteiger partial charge on any atom is -0.327 e. The molecule has 3 nitrogen and oxygen atoms in total. The van der Waals surface area contributed by atoms with E-state index in [1.54, 1.807) is 37.3 Å². The normalized spacial score (nSPS) is 15.7. The quantitative estimate of drug-likeness (QED) is 0.611. The summed E-state index contributed by atoms with van der Waals surface area (Å²) in [5, 5.41) is 2.77. The average Bonchev–Trinajstić information content (AvgIpc) is 3.06. The number of alkyl halides is 3. The van der Waals surface area contributed by atoms with Gasteiger partial charge in [0.2, 0.25) is 0 Å². The van der Waals surface area contributed by atoms with E-state index >= 15 is 0 Å². The topological polar surface area (TPSA) is 55.1 Å². The van der Waals surface area contributed by atoms with E-state index in [9.17, 15) is 18.0 Å². The Kier molecular flexibility index (Phi) is 5.12. The zero-order valence-electron chi connectivity index (χ0n) is 16.4. The Morgan fingerprint density at radius 1 is 1.00 bits per heavy atom. The van der Waals surface area contributed by atoms with Gasteiger partial charge in [0, 0.05) is 17.3 Å².